The fourth-order valence-corrected chi connectivity index (χ4v) is 3.75. The fraction of sp³-hybridized carbons (Fsp3) is 0.467. The Morgan fingerprint density at radius 2 is 2.10 bits per heavy atom. The molecule has 21 heavy (non-hydrogen) atoms. The number of rotatable bonds is 4. The maximum Gasteiger partial charge on any atom is 0.248 e. The average Bonchev–Trinajstić information content (AvgIpc) is 2.92. The molecular weight excluding hydrogens is 291 g/mol. The molecule has 1 saturated heterocycles. The number of halogens is 1. The lowest BCUT2D eigenvalue weighted by molar-refractivity contribution is -0.137. The van der Waals surface area contributed by atoms with Crippen LogP contribution in [0, 0.1) is 5.82 Å². The molecule has 2 atom stereocenters. The van der Waals surface area contributed by atoms with Crippen molar-refractivity contribution >= 4 is 29.3 Å². The van der Waals surface area contributed by atoms with Crippen molar-refractivity contribution < 1.29 is 14.0 Å². The third-order valence-corrected chi connectivity index (χ3v) is 4.92. The average molecular weight is 310 g/mol. The lowest BCUT2D eigenvalue weighted by atomic mass is 10.2. The van der Waals surface area contributed by atoms with E-state index in [1.54, 1.807) is 35.7 Å². The minimum atomic E-state index is -0.535. The van der Waals surface area contributed by atoms with E-state index in [-0.39, 0.29) is 22.9 Å². The zero-order valence-electron chi connectivity index (χ0n) is 12.1. The van der Waals surface area contributed by atoms with Gasteiger partial charge in [-0.3, -0.25) is 9.59 Å². The summed E-state index contributed by atoms with van der Waals surface area (Å²) < 4.78 is 13.6. The van der Waals surface area contributed by atoms with Crippen LogP contribution in [0.5, 0.6) is 0 Å². The molecule has 1 heterocycles. The molecule has 114 valence electrons. The van der Waals surface area contributed by atoms with Crippen molar-refractivity contribution in [1.82, 2.24) is 4.90 Å². The Bertz CT molecular complexity index is 538. The molecule has 0 spiro atoms. The summed E-state index contributed by atoms with van der Waals surface area (Å²) in [6, 6.07) is 5.50. The van der Waals surface area contributed by atoms with E-state index in [0.29, 0.717) is 12.2 Å². The van der Waals surface area contributed by atoms with Gasteiger partial charge in [-0.2, -0.15) is 0 Å². The Kier molecular flexibility index (Phi) is 5.22. The summed E-state index contributed by atoms with van der Waals surface area (Å²) >= 11 is 1.60. The Hall–Kier alpha value is -1.56. The second kappa shape index (κ2) is 6.93. The Labute approximate surface area is 128 Å². The van der Waals surface area contributed by atoms with Gasteiger partial charge < -0.3 is 10.2 Å². The number of hydrogen-bond donors (Lipinski definition) is 1. The molecule has 2 rings (SSSR count). The van der Waals surface area contributed by atoms with E-state index in [1.807, 2.05) is 6.92 Å². The van der Waals surface area contributed by atoms with Gasteiger partial charge in [0, 0.05) is 12.2 Å². The second-order valence-electron chi connectivity index (χ2n) is 4.84. The summed E-state index contributed by atoms with van der Waals surface area (Å²) in [5, 5.41) is 2.61. The second-order valence-corrected chi connectivity index (χ2v) is 6.05. The van der Waals surface area contributed by atoms with Crippen LogP contribution < -0.4 is 5.32 Å². The minimum absolute atomic E-state index is 0.0221. The third-order valence-electron chi connectivity index (χ3n) is 3.47. The molecule has 0 bridgehead atoms. The highest BCUT2D eigenvalue weighted by Gasteiger charge is 2.40. The molecule has 0 radical (unpaired) electrons. The maximum absolute atomic E-state index is 13.6. The van der Waals surface area contributed by atoms with Crippen LogP contribution in [0.25, 0.3) is 0 Å². The molecule has 1 aromatic rings. The van der Waals surface area contributed by atoms with Gasteiger partial charge >= 0.3 is 0 Å². The summed E-state index contributed by atoms with van der Waals surface area (Å²) in [6.45, 7) is 3.77. The number of anilines is 1. The first-order chi connectivity index (χ1) is 10.1. The quantitative estimate of drug-likeness (QED) is 0.930. The number of hydrogen-bond acceptors (Lipinski definition) is 3. The molecule has 0 aromatic heterocycles. The number of thioether (sulfide) groups is 1. The Morgan fingerprint density at radius 3 is 2.71 bits per heavy atom. The molecule has 0 aliphatic carbocycles. The van der Waals surface area contributed by atoms with Crippen LogP contribution in [0.4, 0.5) is 10.1 Å². The van der Waals surface area contributed by atoms with Crippen molar-refractivity contribution in [2.45, 2.75) is 38.1 Å². The topological polar surface area (TPSA) is 49.4 Å². The van der Waals surface area contributed by atoms with Gasteiger partial charge in [0.25, 0.3) is 0 Å². The molecule has 2 amide bonds. The summed E-state index contributed by atoms with van der Waals surface area (Å²) in [7, 11) is 0. The van der Waals surface area contributed by atoms with Gasteiger partial charge in [-0.25, -0.2) is 4.39 Å². The molecule has 1 aromatic carbocycles. The number of amides is 2. The van der Waals surface area contributed by atoms with Gasteiger partial charge in [0.15, 0.2) is 0 Å². The van der Waals surface area contributed by atoms with Crippen LogP contribution in [0.2, 0.25) is 0 Å². The van der Waals surface area contributed by atoms with Gasteiger partial charge in [0.1, 0.15) is 11.9 Å². The normalized spacial score (nSPS) is 21.4. The van der Waals surface area contributed by atoms with Gasteiger partial charge in [-0.1, -0.05) is 26.0 Å². The van der Waals surface area contributed by atoms with E-state index in [9.17, 15) is 14.0 Å². The standard InChI is InChI=1S/C15H19FN2O2S/c1-3-13(19)18-12(9-21-14(18)4-2)15(20)17-11-8-6-5-7-10(11)16/h5-8,12,14H,3-4,9H2,1-2H3,(H,17,20). The van der Waals surface area contributed by atoms with Crippen LogP contribution in [0.15, 0.2) is 24.3 Å². The predicted molar refractivity (Wildman–Crippen MR) is 82.5 cm³/mol. The molecule has 0 saturated carbocycles. The summed E-state index contributed by atoms with van der Waals surface area (Å²) in [5.74, 6) is -0.298. The zero-order chi connectivity index (χ0) is 15.4. The number of nitrogens with one attached hydrogen (secondary N) is 1. The van der Waals surface area contributed by atoms with E-state index in [0.717, 1.165) is 6.42 Å². The van der Waals surface area contributed by atoms with Gasteiger partial charge in [-0.05, 0) is 18.6 Å². The molecular formula is C15H19FN2O2S. The van der Waals surface area contributed by atoms with E-state index in [1.165, 1.54) is 12.1 Å². The first kappa shape index (κ1) is 15.8. The van der Waals surface area contributed by atoms with E-state index in [4.69, 9.17) is 0 Å². The van der Waals surface area contributed by atoms with Crippen molar-refractivity contribution in [2.75, 3.05) is 11.1 Å². The lowest BCUT2D eigenvalue weighted by Gasteiger charge is -2.28. The summed E-state index contributed by atoms with van der Waals surface area (Å²) in [4.78, 5) is 26.1. The van der Waals surface area contributed by atoms with Crippen LogP contribution in [0.3, 0.4) is 0 Å². The van der Waals surface area contributed by atoms with Crippen LogP contribution in [-0.4, -0.2) is 33.9 Å². The zero-order valence-corrected chi connectivity index (χ0v) is 13.0. The van der Waals surface area contributed by atoms with Crippen molar-refractivity contribution in [3.8, 4) is 0 Å². The summed E-state index contributed by atoms with van der Waals surface area (Å²) in [5.41, 5.74) is 0.149. The van der Waals surface area contributed by atoms with E-state index in [2.05, 4.69) is 5.32 Å². The SMILES string of the molecule is CCC(=O)N1C(CC)SCC1C(=O)Nc1ccccc1F. The maximum atomic E-state index is 13.6. The van der Waals surface area contributed by atoms with Crippen LogP contribution in [-0.2, 0) is 9.59 Å². The van der Waals surface area contributed by atoms with Crippen molar-refractivity contribution in [2.24, 2.45) is 0 Å². The Balaban J connectivity index is 2.14. The molecule has 1 aliphatic rings. The number of benzene rings is 1. The fourth-order valence-electron chi connectivity index (χ4n) is 2.38. The molecule has 1 fully saturated rings. The number of carbonyl (C=O) groups excluding carboxylic acids is 2. The minimum Gasteiger partial charge on any atom is -0.322 e. The number of nitrogens with zero attached hydrogens (tertiary/aromatic N) is 1. The highest BCUT2D eigenvalue weighted by molar-refractivity contribution is 8.00. The van der Waals surface area contributed by atoms with Crippen molar-refractivity contribution in [1.29, 1.82) is 0 Å². The first-order valence-corrected chi connectivity index (χ1v) is 8.11. The summed E-state index contributed by atoms with van der Waals surface area (Å²) in [6.07, 6.45) is 1.15. The van der Waals surface area contributed by atoms with Gasteiger partial charge in [-0.15, -0.1) is 11.8 Å². The molecule has 1 aliphatic heterocycles. The van der Waals surface area contributed by atoms with Crippen LogP contribution in [0.1, 0.15) is 26.7 Å². The van der Waals surface area contributed by atoms with E-state index >= 15 is 0 Å². The number of para-hydroxylation sites is 1. The van der Waals surface area contributed by atoms with Crippen molar-refractivity contribution in [3.05, 3.63) is 30.1 Å². The lowest BCUT2D eigenvalue weighted by Crippen LogP contribution is -2.47. The highest BCUT2D eigenvalue weighted by Crippen LogP contribution is 2.32. The molecule has 2 unspecified atom stereocenters. The molecule has 1 N–H and O–H groups in total. The largest absolute Gasteiger partial charge is 0.322 e. The third kappa shape index (κ3) is 3.37. The van der Waals surface area contributed by atoms with Crippen LogP contribution >= 0.6 is 11.8 Å². The monoisotopic (exact) mass is 310 g/mol. The smallest absolute Gasteiger partial charge is 0.248 e. The van der Waals surface area contributed by atoms with Gasteiger partial charge in [0.2, 0.25) is 11.8 Å². The number of carbonyl (C=O) groups is 2. The van der Waals surface area contributed by atoms with Crippen molar-refractivity contribution in [3.63, 3.8) is 0 Å². The highest BCUT2D eigenvalue weighted by atomic mass is 32.2. The van der Waals surface area contributed by atoms with E-state index < -0.39 is 11.9 Å². The molecule has 4 nitrogen and oxygen atoms in total. The molecule has 6 heteroatoms. The van der Waals surface area contributed by atoms with Gasteiger partial charge in [0.05, 0.1) is 11.1 Å². The first-order valence-electron chi connectivity index (χ1n) is 7.06. The Morgan fingerprint density at radius 1 is 1.38 bits per heavy atom. The predicted octanol–water partition coefficient (Wildman–Crippen LogP) is 2.85.